The first-order chi connectivity index (χ1) is 8.91. The molecule has 0 saturated carbocycles. The zero-order valence-electron chi connectivity index (χ0n) is 11.5. The summed E-state index contributed by atoms with van der Waals surface area (Å²) in [6, 6.07) is 0. The van der Waals surface area contributed by atoms with Crippen LogP contribution in [0.5, 0.6) is 0 Å². The van der Waals surface area contributed by atoms with Crippen molar-refractivity contribution >= 4 is 104 Å². The van der Waals surface area contributed by atoms with Crippen molar-refractivity contribution in [2.45, 2.75) is 51.9 Å². The van der Waals surface area contributed by atoms with Gasteiger partial charge in [-0.25, -0.2) is 9.13 Å². The molecule has 0 rings (SSSR count). The van der Waals surface area contributed by atoms with Crippen LogP contribution in [-0.2, 0) is 9.13 Å². The van der Waals surface area contributed by atoms with Gasteiger partial charge in [0.15, 0.2) is 0 Å². The van der Waals surface area contributed by atoms with Crippen LogP contribution in [0.2, 0.25) is 0 Å². The van der Waals surface area contributed by atoms with Crippen molar-refractivity contribution in [2.24, 2.45) is 0 Å². The average Bonchev–Trinajstić information content (AvgIpc) is 2.18. The third kappa shape index (κ3) is 131. The van der Waals surface area contributed by atoms with Gasteiger partial charge in [-0.05, 0) is 6.42 Å². The molecule has 0 radical (unpaired) electrons. The first-order valence-electron chi connectivity index (χ1n) is 6.09. The fraction of sp³-hybridized carbons (Fsp3) is 1.00. The molecule has 0 fully saturated rings. The van der Waals surface area contributed by atoms with Crippen molar-refractivity contribution < 1.29 is 43.6 Å². The van der Waals surface area contributed by atoms with E-state index in [1.165, 1.54) is 38.5 Å². The molecule has 0 amide bonds. The van der Waals surface area contributed by atoms with Crippen LogP contribution in [0.4, 0.5) is 0 Å². The van der Waals surface area contributed by atoms with Crippen LogP contribution in [0.1, 0.15) is 51.9 Å². The molecule has 0 aromatic heterocycles. The van der Waals surface area contributed by atoms with E-state index in [4.69, 9.17) is 43.6 Å². The summed E-state index contributed by atoms with van der Waals surface area (Å²) in [4.78, 5) is 43.1. The Morgan fingerprint density at radius 1 is 0.609 bits per heavy atom. The van der Waals surface area contributed by atoms with E-state index in [1.54, 1.807) is 0 Å². The van der Waals surface area contributed by atoms with Crippen molar-refractivity contribution in [3.63, 3.8) is 0 Å². The minimum absolute atomic E-state index is 0. The summed E-state index contributed by atoms with van der Waals surface area (Å²) in [5.74, 6) is 0. The molecule has 0 aromatic carbocycles. The predicted molar refractivity (Wildman–Crippen MR) is 95.1 cm³/mol. The van der Waals surface area contributed by atoms with Crippen LogP contribution in [0.25, 0.3) is 0 Å². The van der Waals surface area contributed by atoms with E-state index in [2.05, 4.69) is 6.92 Å². The Balaban J connectivity index is -0.0000000483. The molecule has 0 bridgehead atoms. The fourth-order valence-electron chi connectivity index (χ4n) is 1.07. The molecule has 0 spiro atoms. The van der Waals surface area contributed by atoms with E-state index in [0.717, 1.165) is 6.42 Å². The number of aliphatic hydroxyl groups excluding tert-OH is 1. The average molecular weight is 412 g/mol. The molecule has 0 saturated heterocycles. The van der Waals surface area contributed by atoms with Gasteiger partial charge in [-0.1, -0.05) is 45.4 Å². The van der Waals surface area contributed by atoms with Crippen LogP contribution in [0, 0.1) is 0 Å². The Morgan fingerprint density at radius 3 is 1.04 bits per heavy atom. The van der Waals surface area contributed by atoms with Gasteiger partial charge in [-0.3, -0.25) is 0 Å². The SMILES string of the molecule is CCCCCCCCCO.O=P(O)(O)O.O=P(O)(O)O.[NaH].[NaH].[NaH]. The molecule has 7 N–H and O–H groups in total. The zero-order chi connectivity index (χ0) is 16.7. The molecule has 9 nitrogen and oxygen atoms in total. The number of unbranched alkanes of at least 4 members (excludes halogenated alkanes) is 6. The summed E-state index contributed by atoms with van der Waals surface area (Å²) in [6.07, 6.45) is 8.93. The summed E-state index contributed by atoms with van der Waals surface area (Å²) >= 11 is 0. The normalized spacial score (nSPS) is 9.57. The molecular formula is C9H29Na3O9P2. The van der Waals surface area contributed by atoms with Crippen LogP contribution in [0.15, 0.2) is 0 Å². The fourth-order valence-corrected chi connectivity index (χ4v) is 1.07. The molecule has 0 aromatic rings. The molecule has 0 atom stereocenters. The second-order valence-corrected chi connectivity index (χ2v) is 5.92. The van der Waals surface area contributed by atoms with Gasteiger partial charge in [-0.15, -0.1) is 0 Å². The molecule has 23 heavy (non-hydrogen) atoms. The van der Waals surface area contributed by atoms with Crippen molar-refractivity contribution in [2.75, 3.05) is 6.61 Å². The Morgan fingerprint density at radius 2 is 0.826 bits per heavy atom. The van der Waals surface area contributed by atoms with E-state index in [1.807, 2.05) is 0 Å². The van der Waals surface area contributed by atoms with Crippen molar-refractivity contribution in [1.82, 2.24) is 0 Å². The van der Waals surface area contributed by atoms with Crippen LogP contribution >= 0.6 is 15.6 Å². The molecule has 0 aliphatic rings. The van der Waals surface area contributed by atoms with Crippen LogP contribution in [-0.4, -0.2) is 130 Å². The Labute approximate surface area is 204 Å². The van der Waals surface area contributed by atoms with Gasteiger partial charge in [0.25, 0.3) is 0 Å². The molecule has 132 valence electrons. The molecule has 14 heteroatoms. The van der Waals surface area contributed by atoms with Crippen LogP contribution in [0.3, 0.4) is 0 Å². The maximum atomic E-state index is 8.88. The van der Waals surface area contributed by atoms with Gasteiger partial charge in [0.1, 0.15) is 0 Å². The van der Waals surface area contributed by atoms with E-state index in [9.17, 15) is 0 Å². The van der Waals surface area contributed by atoms with E-state index in [-0.39, 0.29) is 88.7 Å². The number of rotatable bonds is 7. The van der Waals surface area contributed by atoms with Gasteiger partial charge in [0.2, 0.25) is 0 Å². The Hall–Kier alpha value is 3.18. The van der Waals surface area contributed by atoms with Crippen molar-refractivity contribution in [3.8, 4) is 0 Å². The number of phosphoric acid groups is 2. The monoisotopic (exact) mass is 412 g/mol. The molecular weight excluding hydrogens is 383 g/mol. The third-order valence-corrected chi connectivity index (χ3v) is 1.76. The van der Waals surface area contributed by atoms with E-state index in [0.29, 0.717) is 6.61 Å². The first-order valence-corrected chi connectivity index (χ1v) is 9.22. The molecule has 0 aliphatic heterocycles. The van der Waals surface area contributed by atoms with Gasteiger partial charge in [0.05, 0.1) is 0 Å². The second kappa shape index (κ2) is 27.4. The molecule has 0 unspecified atom stereocenters. The Kier molecular flexibility index (Phi) is 48.6. The van der Waals surface area contributed by atoms with Crippen LogP contribution < -0.4 is 0 Å². The van der Waals surface area contributed by atoms with Gasteiger partial charge >= 0.3 is 104 Å². The second-order valence-electron chi connectivity index (χ2n) is 3.87. The Bertz CT molecular complexity index is 241. The van der Waals surface area contributed by atoms with E-state index >= 15 is 0 Å². The number of hydrogen-bond acceptors (Lipinski definition) is 3. The van der Waals surface area contributed by atoms with Gasteiger partial charge in [0, 0.05) is 6.61 Å². The third-order valence-electron chi connectivity index (χ3n) is 1.76. The van der Waals surface area contributed by atoms with Gasteiger partial charge < -0.3 is 34.5 Å². The summed E-state index contributed by atoms with van der Waals surface area (Å²) in [5.41, 5.74) is 0. The first kappa shape index (κ1) is 40.8. The number of aliphatic hydroxyl groups is 1. The minimum atomic E-state index is -4.64. The summed E-state index contributed by atoms with van der Waals surface area (Å²) < 4.78 is 17.8. The van der Waals surface area contributed by atoms with Crippen molar-refractivity contribution in [3.05, 3.63) is 0 Å². The van der Waals surface area contributed by atoms with E-state index < -0.39 is 15.6 Å². The molecule has 0 heterocycles. The van der Waals surface area contributed by atoms with Crippen molar-refractivity contribution in [1.29, 1.82) is 0 Å². The van der Waals surface area contributed by atoms with Gasteiger partial charge in [-0.2, -0.15) is 0 Å². The number of hydrogen-bond donors (Lipinski definition) is 7. The summed E-state index contributed by atoms with van der Waals surface area (Å²) in [6.45, 7) is 2.60. The zero-order valence-corrected chi connectivity index (χ0v) is 13.3. The standard InChI is InChI=1S/C9H20O.3Na.2H3O4P.3H/c1-2-3-4-5-6-7-8-9-10;;;;2*1-5(2,3)4;;;/h10H,2-9H2,1H3;;;;2*(H3,1,2,3,4);;;. The summed E-state index contributed by atoms with van der Waals surface area (Å²) in [7, 11) is -9.28. The quantitative estimate of drug-likeness (QED) is 0.156. The maximum absolute atomic E-state index is 8.88. The summed E-state index contributed by atoms with van der Waals surface area (Å²) in [5, 5.41) is 8.47. The topological polar surface area (TPSA) is 176 Å². The molecule has 0 aliphatic carbocycles. The predicted octanol–water partition coefficient (Wildman–Crippen LogP) is -1.07.